The van der Waals surface area contributed by atoms with Crippen LogP contribution in [0, 0.1) is 0 Å². The van der Waals surface area contributed by atoms with Gasteiger partial charge in [-0.1, -0.05) is 0 Å². The van der Waals surface area contributed by atoms with Crippen molar-refractivity contribution in [2.75, 3.05) is 26.7 Å². The van der Waals surface area contributed by atoms with Gasteiger partial charge in [-0.3, -0.25) is 0 Å². The van der Waals surface area contributed by atoms with E-state index in [1.54, 1.807) is 0 Å². The average Bonchev–Trinajstić information content (AvgIpc) is 2.69. The molecule has 0 bridgehead atoms. The van der Waals surface area contributed by atoms with E-state index in [2.05, 4.69) is 17.1 Å². The molecule has 0 amide bonds. The Morgan fingerprint density at radius 2 is 2.18 bits per heavy atom. The summed E-state index contributed by atoms with van der Waals surface area (Å²) in [6.45, 7) is 2.76. The fraction of sp³-hybridized carbons (Fsp3) is 0.750. The molecule has 1 aromatic rings. The number of H-pyrrole nitrogens is 1. The van der Waals surface area contributed by atoms with Gasteiger partial charge in [-0.2, -0.15) is 0 Å². The Balaban J connectivity index is 2.12. The lowest BCUT2D eigenvalue weighted by molar-refractivity contribution is 0.249. The second kappa shape index (κ2) is 5.51. The summed E-state index contributed by atoms with van der Waals surface area (Å²) in [5, 5.41) is 2.82. The van der Waals surface area contributed by atoms with Crippen LogP contribution in [0.2, 0.25) is 0 Å². The fourth-order valence-corrected chi connectivity index (χ4v) is 2.48. The third kappa shape index (κ3) is 2.79. The van der Waals surface area contributed by atoms with Gasteiger partial charge in [0.25, 0.3) is 0 Å². The monoisotopic (exact) mass is 239 g/mol. The van der Waals surface area contributed by atoms with E-state index in [4.69, 9.17) is 10.3 Å². The van der Waals surface area contributed by atoms with Crippen molar-refractivity contribution in [3.05, 3.63) is 21.7 Å². The molecule has 5 nitrogen and oxygen atoms in total. The van der Waals surface area contributed by atoms with Crippen molar-refractivity contribution in [1.82, 2.24) is 10.1 Å². The van der Waals surface area contributed by atoms with Crippen molar-refractivity contribution < 1.29 is 4.52 Å². The number of nitrogens with one attached hydrogen (secondary N) is 1. The van der Waals surface area contributed by atoms with E-state index in [9.17, 15) is 4.79 Å². The van der Waals surface area contributed by atoms with Crippen LogP contribution >= 0.6 is 0 Å². The molecule has 0 aromatic carbocycles. The van der Waals surface area contributed by atoms with Crippen LogP contribution in [0.15, 0.2) is 9.32 Å². The van der Waals surface area contributed by atoms with Gasteiger partial charge in [-0.15, -0.1) is 0 Å². The topological polar surface area (TPSA) is 75.3 Å². The number of rotatable bonds is 4. The van der Waals surface area contributed by atoms with Crippen LogP contribution in [0.25, 0.3) is 0 Å². The van der Waals surface area contributed by atoms with Gasteiger partial charge in [0.1, 0.15) is 0 Å². The summed E-state index contributed by atoms with van der Waals surface area (Å²) in [6.07, 6.45) is 3.73. The molecule has 1 aliphatic rings. The summed E-state index contributed by atoms with van der Waals surface area (Å²) < 4.78 is 4.94. The van der Waals surface area contributed by atoms with E-state index < -0.39 is 0 Å². The van der Waals surface area contributed by atoms with E-state index in [-0.39, 0.29) is 5.63 Å². The Hall–Kier alpha value is -1.07. The number of hydrogen-bond donors (Lipinski definition) is 2. The minimum Gasteiger partial charge on any atom is -0.339 e. The number of nitrogens with two attached hydrogens (primary N) is 1. The highest BCUT2D eigenvalue weighted by molar-refractivity contribution is 5.20. The Kier molecular flexibility index (Phi) is 4.02. The zero-order valence-electron chi connectivity index (χ0n) is 10.4. The fourth-order valence-electron chi connectivity index (χ4n) is 2.48. The molecule has 2 heterocycles. The van der Waals surface area contributed by atoms with Crippen molar-refractivity contribution in [3.63, 3.8) is 0 Å². The zero-order valence-corrected chi connectivity index (χ0v) is 10.4. The van der Waals surface area contributed by atoms with E-state index in [0.29, 0.717) is 12.5 Å². The van der Waals surface area contributed by atoms with Gasteiger partial charge < -0.3 is 15.2 Å². The normalized spacial score (nSPS) is 18.7. The first kappa shape index (κ1) is 12.4. The highest BCUT2D eigenvalue weighted by atomic mass is 16.5. The summed E-state index contributed by atoms with van der Waals surface area (Å²) in [4.78, 5) is 13.9. The van der Waals surface area contributed by atoms with Crippen LogP contribution in [0.4, 0.5) is 0 Å². The maximum Gasteiger partial charge on any atom is 0.360 e. The molecule has 0 atom stereocenters. The van der Waals surface area contributed by atoms with Gasteiger partial charge in [0.2, 0.25) is 0 Å². The molecular weight excluding hydrogens is 218 g/mol. The standard InChI is InChI=1S/C12H21N3O2/c1-15-7-4-9(5-8-15)11-10(3-2-6-13)12(16)17-14-11/h9,14H,2-8,13H2,1H3. The first-order valence-electron chi connectivity index (χ1n) is 6.31. The molecule has 1 saturated heterocycles. The lowest BCUT2D eigenvalue weighted by atomic mass is 9.90. The number of hydrogen-bond acceptors (Lipinski definition) is 4. The first-order valence-corrected chi connectivity index (χ1v) is 6.31. The summed E-state index contributed by atoms with van der Waals surface area (Å²) >= 11 is 0. The van der Waals surface area contributed by atoms with Crippen LogP contribution in [0.1, 0.15) is 36.4 Å². The maximum absolute atomic E-state index is 11.6. The third-order valence-corrected chi connectivity index (χ3v) is 3.58. The average molecular weight is 239 g/mol. The Morgan fingerprint density at radius 1 is 1.47 bits per heavy atom. The number of aromatic nitrogens is 1. The lowest BCUT2D eigenvalue weighted by Crippen LogP contribution is -2.29. The zero-order chi connectivity index (χ0) is 12.3. The van der Waals surface area contributed by atoms with E-state index in [0.717, 1.165) is 50.0 Å². The number of piperidine rings is 1. The summed E-state index contributed by atoms with van der Waals surface area (Å²) in [5.74, 6) is 0.436. The van der Waals surface area contributed by atoms with Crippen LogP contribution in [-0.4, -0.2) is 36.7 Å². The molecule has 1 aromatic heterocycles. The van der Waals surface area contributed by atoms with Crippen LogP contribution < -0.4 is 11.4 Å². The van der Waals surface area contributed by atoms with Crippen molar-refractivity contribution in [3.8, 4) is 0 Å². The number of likely N-dealkylation sites (tertiary alicyclic amines) is 1. The second-order valence-electron chi connectivity index (χ2n) is 4.85. The molecule has 0 saturated carbocycles. The molecule has 0 aliphatic carbocycles. The Bertz CT molecular complexity index is 402. The largest absolute Gasteiger partial charge is 0.360 e. The molecule has 5 heteroatoms. The molecule has 0 spiro atoms. The molecule has 17 heavy (non-hydrogen) atoms. The Morgan fingerprint density at radius 3 is 2.82 bits per heavy atom. The summed E-state index contributed by atoms with van der Waals surface area (Å²) in [5.41, 5.74) is 7.10. The van der Waals surface area contributed by atoms with Crippen molar-refractivity contribution in [2.24, 2.45) is 5.73 Å². The predicted octanol–water partition coefficient (Wildman–Crippen LogP) is 0.668. The molecule has 96 valence electrons. The molecule has 3 N–H and O–H groups in total. The van der Waals surface area contributed by atoms with Gasteiger partial charge in [-0.05, 0) is 52.4 Å². The number of nitrogens with zero attached hydrogens (tertiary/aromatic N) is 1. The molecule has 1 aliphatic heterocycles. The molecule has 2 rings (SSSR count). The van der Waals surface area contributed by atoms with Crippen molar-refractivity contribution in [2.45, 2.75) is 31.6 Å². The summed E-state index contributed by atoms with van der Waals surface area (Å²) in [6, 6.07) is 0. The lowest BCUT2D eigenvalue weighted by Gasteiger charge is -2.28. The number of aromatic amines is 1. The third-order valence-electron chi connectivity index (χ3n) is 3.58. The van der Waals surface area contributed by atoms with E-state index in [1.807, 2.05) is 0 Å². The van der Waals surface area contributed by atoms with Gasteiger partial charge in [-0.25, -0.2) is 9.95 Å². The summed E-state index contributed by atoms with van der Waals surface area (Å²) in [7, 11) is 2.13. The SMILES string of the molecule is CN1CCC(c2[nH]oc(=O)c2CCCN)CC1. The Labute approximate surface area is 101 Å². The molecule has 1 fully saturated rings. The van der Waals surface area contributed by atoms with Crippen LogP contribution in [0.3, 0.4) is 0 Å². The quantitative estimate of drug-likeness (QED) is 0.809. The van der Waals surface area contributed by atoms with Gasteiger partial charge >= 0.3 is 5.63 Å². The highest BCUT2D eigenvalue weighted by Gasteiger charge is 2.24. The highest BCUT2D eigenvalue weighted by Crippen LogP contribution is 2.27. The first-order chi connectivity index (χ1) is 8.22. The molecule has 0 unspecified atom stereocenters. The van der Waals surface area contributed by atoms with E-state index in [1.165, 1.54) is 0 Å². The molecule has 0 radical (unpaired) electrons. The van der Waals surface area contributed by atoms with Gasteiger partial charge in [0.15, 0.2) is 0 Å². The second-order valence-corrected chi connectivity index (χ2v) is 4.85. The maximum atomic E-state index is 11.6. The minimum atomic E-state index is -0.215. The van der Waals surface area contributed by atoms with Gasteiger partial charge in [0, 0.05) is 5.92 Å². The van der Waals surface area contributed by atoms with Crippen molar-refractivity contribution >= 4 is 0 Å². The van der Waals surface area contributed by atoms with Crippen LogP contribution in [0.5, 0.6) is 0 Å². The minimum absolute atomic E-state index is 0.215. The smallest absolute Gasteiger partial charge is 0.339 e. The van der Waals surface area contributed by atoms with Gasteiger partial charge in [0.05, 0.1) is 11.3 Å². The van der Waals surface area contributed by atoms with E-state index >= 15 is 0 Å². The molecular formula is C12H21N3O2. The predicted molar refractivity (Wildman–Crippen MR) is 66.2 cm³/mol. The van der Waals surface area contributed by atoms with Crippen molar-refractivity contribution in [1.29, 1.82) is 0 Å². The van der Waals surface area contributed by atoms with Crippen LogP contribution in [-0.2, 0) is 6.42 Å².